The van der Waals surface area contributed by atoms with Gasteiger partial charge in [0.05, 0.1) is 22.8 Å². The number of hydrogen-bond acceptors (Lipinski definition) is 3. The zero-order valence-corrected chi connectivity index (χ0v) is 12.4. The molecule has 0 bridgehead atoms. The van der Waals surface area contributed by atoms with E-state index in [4.69, 9.17) is 33.7 Å². The average Bonchev–Trinajstić information content (AvgIpc) is 2.36. The molecule has 0 unspecified atom stereocenters. The lowest BCUT2D eigenvalue weighted by atomic mass is 10.0. The van der Waals surface area contributed by atoms with Gasteiger partial charge < -0.3 is 10.5 Å². The van der Waals surface area contributed by atoms with Gasteiger partial charge in [0.15, 0.2) is 0 Å². The monoisotopic (exact) mass is 296 g/mol. The number of ether oxygens (including phenoxy) is 1. The summed E-state index contributed by atoms with van der Waals surface area (Å²) in [5.74, 6) is 1.10. The molecule has 0 radical (unpaired) electrons. The number of pyridine rings is 1. The molecule has 0 saturated heterocycles. The van der Waals surface area contributed by atoms with Crippen molar-refractivity contribution in [3.8, 4) is 17.0 Å². The molecule has 0 aliphatic heterocycles. The van der Waals surface area contributed by atoms with Crippen LogP contribution in [0.2, 0.25) is 10.0 Å². The van der Waals surface area contributed by atoms with Crippen molar-refractivity contribution in [1.82, 2.24) is 4.98 Å². The summed E-state index contributed by atoms with van der Waals surface area (Å²) >= 11 is 12.1. The Morgan fingerprint density at radius 3 is 2.37 bits per heavy atom. The number of methoxy groups -OCH3 is 1. The first-order valence-electron chi connectivity index (χ1n) is 5.71. The van der Waals surface area contributed by atoms with Crippen molar-refractivity contribution in [2.24, 2.45) is 0 Å². The summed E-state index contributed by atoms with van der Waals surface area (Å²) in [6.07, 6.45) is 0. The number of nitrogens with zero attached hydrogens (tertiary/aromatic N) is 1. The largest absolute Gasteiger partial charge is 0.496 e. The molecule has 1 aromatic carbocycles. The predicted octanol–water partition coefficient (Wildman–Crippen LogP) is 4.26. The lowest BCUT2D eigenvalue weighted by Crippen LogP contribution is -1.97. The van der Waals surface area contributed by atoms with E-state index in [2.05, 4.69) is 4.98 Å². The van der Waals surface area contributed by atoms with Crippen LogP contribution in [0, 0.1) is 13.8 Å². The molecule has 2 N–H and O–H groups in total. The molecule has 100 valence electrons. The lowest BCUT2D eigenvalue weighted by molar-refractivity contribution is 0.411. The van der Waals surface area contributed by atoms with Crippen LogP contribution in [0.1, 0.15) is 11.1 Å². The maximum Gasteiger partial charge on any atom is 0.143 e. The van der Waals surface area contributed by atoms with Gasteiger partial charge in [0.25, 0.3) is 0 Å². The SMILES string of the molecule is COc1cc(C)c(-c2nc(N)c(Cl)cc2Cl)cc1C. The van der Waals surface area contributed by atoms with E-state index in [0.717, 1.165) is 22.4 Å². The number of nitrogens with two attached hydrogens (primary N) is 1. The number of rotatable bonds is 2. The van der Waals surface area contributed by atoms with Gasteiger partial charge in [-0.3, -0.25) is 0 Å². The number of aromatic nitrogens is 1. The van der Waals surface area contributed by atoms with Crippen LogP contribution in [0.3, 0.4) is 0 Å². The number of anilines is 1. The van der Waals surface area contributed by atoms with E-state index in [1.165, 1.54) is 0 Å². The Labute approximate surface area is 122 Å². The quantitative estimate of drug-likeness (QED) is 0.900. The van der Waals surface area contributed by atoms with Gasteiger partial charge in [-0.05, 0) is 43.2 Å². The molecule has 0 atom stereocenters. The minimum atomic E-state index is 0.272. The summed E-state index contributed by atoms with van der Waals surface area (Å²) in [5.41, 5.74) is 9.32. The van der Waals surface area contributed by atoms with Gasteiger partial charge in [-0.15, -0.1) is 0 Å². The summed E-state index contributed by atoms with van der Waals surface area (Å²) < 4.78 is 5.29. The molecule has 2 aromatic rings. The molecule has 2 rings (SSSR count). The van der Waals surface area contributed by atoms with Gasteiger partial charge in [0, 0.05) is 5.56 Å². The van der Waals surface area contributed by atoms with E-state index in [0.29, 0.717) is 15.7 Å². The molecular formula is C14H14Cl2N2O. The third-order valence-corrected chi connectivity index (χ3v) is 3.54. The maximum atomic E-state index is 6.20. The van der Waals surface area contributed by atoms with Gasteiger partial charge in [0.1, 0.15) is 11.6 Å². The molecule has 0 saturated carbocycles. The van der Waals surface area contributed by atoms with Gasteiger partial charge in [-0.2, -0.15) is 0 Å². The average molecular weight is 297 g/mol. The molecule has 0 fully saturated rings. The minimum Gasteiger partial charge on any atom is -0.496 e. The van der Waals surface area contributed by atoms with Crippen molar-refractivity contribution in [3.63, 3.8) is 0 Å². The van der Waals surface area contributed by atoms with Crippen molar-refractivity contribution in [3.05, 3.63) is 39.4 Å². The van der Waals surface area contributed by atoms with Crippen LogP contribution in [0.25, 0.3) is 11.3 Å². The van der Waals surface area contributed by atoms with Crippen molar-refractivity contribution in [1.29, 1.82) is 0 Å². The summed E-state index contributed by atoms with van der Waals surface area (Å²) in [4.78, 5) is 4.27. The summed E-state index contributed by atoms with van der Waals surface area (Å²) in [6, 6.07) is 5.54. The first-order valence-corrected chi connectivity index (χ1v) is 6.46. The van der Waals surface area contributed by atoms with Gasteiger partial charge in [0.2, 0.25) is 0 Å². The highest BCUT2D eigenvalue weighted by atomic mass is 35.5. The van der Waals surface area contributed by atoms with Crippen LogP contribution in [-0.4, -0.2) is 12.1 Å². The van der Waals surface area contributed by atoms with Gasteiger partial charge >= 0.3 is 0 Å². The van der Waals surface area contributed by atoms with Crippen LogP contribution in [0.15, 0.2) is 18.2 Å². The van der Waals surface area contributed by atoms with Crippen molar-refractivity contribution in [2.75, 3.05) is 12.8 Å². The Balaban J connectivity index is 2.65. The second kappa shape index (κ2) is 5.27. The normalized spacial score (nSPS) is 10.6. The number of nitrogen functional groups attached to an aromatic ring is 1. The molecule has 1 heterocycles. The highest BCUT2D eigenvalue weighted by molar-refractivity contribution is 6.37. The summed E-state index contributed by atoms with van der Waals surface area (Å²) in [7, 11) is 1.65. The third kappa shape index (κ3) is 2.62. The lowest BCUT2D eigenvalue weighted by Gasteiger charge is -2.13. The number of halogens is 2. The van der Waals surface area contributed by atoms with Gasteiger partial charge in [-0.25, -0.2) is 4.98 Å². The number of hydrogen-bond donors (Lipinski definition) is 1. The maximum absolute atomic E-state index is 6.20. The first kappa shape index (κ1) is 14.0. The molecule has 19 heavy (non-hydrogen) atoms. The van der Waals surface area contributed by atoms with E-state index in [1.54, 1.807) is 13.2 Å². The number of benzene rings is 1. The zero-order valence-electron chi connectivity index (χ0n) is 10.9. The van der Waals surface area contributed by atoms with Crippen molar-refractivity contribution in [2.45, 2.75) is 13.8 Å². The van der Waals surface area contributed by atoms with Crippen molar-refractivity contribution < 1.29 is 4.74 Å². The zero-order chi connectivity index (χ0) is 14.2. The molecule has 5 heteroatoms. The van der Waals surface area contributed by atoms with Crippen LogP contribution in [0.4, 0.5) is 5.82 Å². The Kier molecular flexibility index (Phi) is 3.88. The Hall–Kier alpha value is -1.45. The molecule has 3 nitrogen and oxygen atoms in total. The third-order valence-electron chi connectivity index (χ3n) is 2.95. The highest BCUT2D eigenvalue weighted by Gasteiger charge is 2.13. The molecule has 1 aromatic heterocycles. The fourth-order valence-corrected chi connectivity index (χ4v) is 2.39. The second-order valence-corrected chi connectivity index (χ2v) is 5.14. The van der Waals surface area contributed by atoms with E-state index in [1.807, 2.05) is 26.0 Å². The van der Waals surface area contributed by atoms with Crippen LogP contribution in [-0.2, 0) is 0 Å². The predicted molar refractivity (Wildman–Crippen MR) is 80.1 cm³/mol. The summed E-state index contributed by atoms with van der Waals surface area (Å²) in [6.45, 7) is 3.94. The number of aryl methyl sites for hydroxylation is 2. The fraction of sp³-hybridized carbons (Fsp3) is 0.214. The van der Waals surface area contributed by atoms with Crippen LogP contribution < -0.4 is 10.5 Å². The van der Waals surface area contributed by atoms with E-state index >= 15 is 0 Å². The topological polar surface area (TPSA) is 48.1 Å². The van der Waals surface area contributed by atoms with Gasteiger partial charge in [-0.1, -0.05) is 23.2 Å². The molecule has 0 aliphatic rings. The van der Waals surface area contributed by atoms with E-state index in [-0.39, 0.29) is 5.82 Å². The minimum absolute atomic E-state index is 0.272. The van der Waals surface area contributed by atoms with Crippen LogP contribution in [0.5, 0.6) is 5.75 Å². The molecule has 0 amide bonds. The summed E-state index contributed by atoms with van der Waals surface area (Å²) in [5, 5.41) is 0.837. The van der Waals surface area contributed by atoms with E-state index in [9.17, 15) is 0 Å². The molecule has 0 spiro atoms. The first-order chi connectivity index (χ1) is 8.93. The Morgan fingerprint density at radius 1 is 1.05 bits per heavy atom. The molecular weight excluding hydrogens is 283 g/mol. The van der Waals surface area contributed by atoms with Crippen molar-refractivity contribution >= 4 is 29.0 Å². The van der Waals surface area contributed by atoms with Crippen LogP contribution >= 0.6 is 23.2 Å². The Bertz CT molecular complexity index is 642. The Morgan fingerprint density at radius 2 is 1.74 bits per heavy atom. The molecule has 0 aliphatic carbocycles. The highest BCUT2D eigenvalue weighted by Crippen LogP contribution is 2.35. The smallest absolute Gasteiger partial charge is 0.143 e. The van der Waals surface area contributed by atoms with E-state index < -0.39 is 0 Å². The standard InChI is InChI=1S/C14H14Cl2N2O/c1-7-5-12(19-3)8(2)4-9(7)13-10(15)6-11(16)14(17)18-13/h4-6H,1-3H3,(H2,17,18). The fourth-order valence-electron chi connectivity index (χ4n) is 1.93. The second-order valence-electron chi connectivity index (χ2n) is 4.32.